The average molecular weight is 259 g/mol. The summed E-state index contributed by atoms with van der Waals surface area (Å²) in [5.41, 5.74) is 0.981. The third-order valence-electron chi connectivity index (χ3n) is 2.63. The number of benzene rings is 1. The van der Waals surface area contributed by atoms with E-state index in [1.165, 1.54) is 19.1 Å². The monoisotopic (exact) mass is 259 g/mol. The van der Waals surface area contributed by atoms with Gasteiger partial charge in [0.15, 0.2) is 0 Å². The highest BCUT2D eigenvalue weighted by Crippen LogP contribution is 2.13. The van der Waals surface area contributed by atoms with Crippen LogP contribution in [0.15, 0.2) is 29.2 Å². The maximum Gasteiger partial charge on any atom is 0.240 e. The predicted octanol–water partition coefficient (Wildman–Crippen LogP) is 2.41. The van der Waals surface area contributed by atoms with Crippen molar-refractivity contribution < 1.29 is 12.8 Å². The zero-order chi connectivity index (χ0) is 13.1. The fourth-order valence-corrected chi connectivity index (χ4v) is 2.87. The van der Waals surface area contributed by atoms with E-state index in [0.29, 0.717) is 6.42 Å². The molecule has 5 heteroatoms. The SMILES string of the molecule is CCC(NS(=O)(=O)c1ccc(C)cc1)C(C)F. The van der Waals surface area contributed by atoms with E-state index in [1.807, 2.05) is 6.92 Å². The highest BCUT2D eigenvalue weighted by atomic mass is 32.2. The van der Waals surface area contributed by atoms with Crippen LogP contribution in [0, 0.1) is 6.92 Å². The molecule has 0 aromatic heterocycles. The molecule has 96 valence electrons. The molecule has 0 radical (unpaired) electrons. The van der Waals surface area contributed by atoms with Crippen LogP contribution >= 0.6 is 0 Å². The van der Waals surface area contributed by atoms with E-state index < -0.39 is 22.2 Å². The van der Waals surface area contributed by atoms with Crippen molar-refractivity contribution in [2.24, 2.45) is 0 Å². The lowest BCUT2D eigenvalue weighted by atomic mass is 10.2. The molecule has 2 atom stereocenters. The number of aryl methyl sites for hydroxylation is 1. The first-order chi connectivity index (χ1) is 7.86. The first kappa shape index (κ1) is 14.1. The van der Waals surface area contributed by atoms with Crippen LogP contribution in [0.25, 0.3) is 0 Å². The topological polar surface area (TPSA) is 46.2 Å². The summed E-state index contributed by atoms with van der Waals surface area (Å²) in [6.07, 6.45) is -0.789. The third-order valence-corrected chi connectivity index (χ3v) is 4.14. The van der Waals surface area contributed by atoms with Crippen molar-refractivity contribution in [3.8, 4) is 0 Å². The highest BCUT2D eigenvalue weighted by molar-refractivity contribution is 7.89. The van der Waals surface area contributed by atoms with E-state index in [0.717, 1.165) is 5.56 Å². The summed E-state index contributed by atoms with van der Waals surface area (Å²) in [6, 6.07) is 5.80. The Morgan fingerprint density at radius 2 is 1.82 bits per heavy atom. The van der Waals surface area contributed by atoms with Gasteiger partial charge in [-0.25, -0.2) is 17.5 Å². The molecule has 0 fully saturated rings. The molecule has 0 saturated heterocycles. The summed E-state index contributed by atoms with van der Waals surface area (Å²) < 4.78 is 39.4. The van der Waals surface area contributed by atoms with E-state index in [1.54, 1.807) is 19.1 Å². The van der Waals surface area contributed by atoms with Crippen molar-refractivity contribution in [2.75, 3.05) is 0 Å². The number of nitrogens with one attached hydrogen (secondary N) is 1. The van der Waals surface area contributed by atoms with E-state index in [9.17, 15) is 12.8 Å². The molecular formula is C12H18FNO2S. The van der Waals surface area contributed by atoms with Gasteiger partial charge in [-0.3, -0.25) is 0 Å². The zero-order valence-corrected chi connectivity index (χ0v) is 11.1. The maximum absolute atomic E-state index is 13.1. The molecule has 0 aliphatic heterocycles. The minimum Gasteiger partial charge on any atom is -0.246 e. The fraction of sp³-hybridized carbons (Fsp3) is 0.500. The normalized spacial score (nSPS) is 15.5. The van der Waals surface area contributed by atoms with Crippen molar-refractivity contribution in [2.45, 2.75) is 44.3 Å². The Balaban J connectivity index is 2.92. The molecule has 0 aliphatic rings. The van der Waals surface area contributed by atoms with Gasteiger partial charge in [0.05, 0.1) is 10.9 Å². The van der Waals surface area contributed by atoms with Crippen LogP contribution < -0.4 is 4.72 Å². The van der Waals surface area contributed by atoms with Crippen molar-refractivity contribution in [3.63, 3.8) is 0 Å². The van der Waals surface area contributed by atoms with Crippen LogP contribution in [0.3, 0.4) is 0 Å². The van der Waals surface area contributed by atoms with Crippen LogP contribution in [-0.2, 0) is 10.0 Å². The van der Waals surface area contributed by atoms with Crippen molar-refractivity contribution >= 4 is 10.0 Å². The predicted molar refractivity (Wildman–Crippen MR) is 66.1 cm³/mol. The van der Waals surface area contributed by atoms with Crippen LogP contribution in [0.1, 0.15) is 25.8 Å². The van der Waals surface area contributed by atoms with Crippen molar-refractivity contribution in [1.29, 1.82) is 0 Å². The molecule has 1 aromatic rings. The van der Waals surface area contributed by atoms with Gasteiger partial charge in [-0.2, -0.15) is 0 Å². The molecule has 0 aliphatic carbocycles. The number of hydrogen-bond donors (Lipinski definition) is 1. The fourth-order valence-electron chi connectivity index (χ4n) is 1.49. The quantitative estimate of drug-likeness (QED) is 0.882. The molecule has 1 aromatic carbocycles. The summed E-state index contributed by atoms with van der Waals surface area (Å²) in [4.78, 5) is 0.169. The van der Waals surface area contributed by atoms with Gasteiger partial charge in [0.2, 0.25) is 10.0 Å². The zero-order valence-electron chi connectivity index (χ0n) is 10.3. The highest BCUT2D eigenvalue weighted by Gasteiger charge is 2.22. The van der Waals surface area contributed by atoms with Gasteiger partial charge in [-0.1, -0.05) is 24.6 Å². The summed E-state index contributed by atoms with van der Waals surface area (Å²) in [7, 11) is -3.62. The molecule has 0 spiro atoms. The Morgan fingerprint density at radius 3 is 2.24 bits per heavy atom. The molecule has 0 bridgehead atoms. The Morgan fingerprint density at radius 1 is 1.29 bits per heavy atom. The van der Waals surface area contributed by atoms with Gasteiger partial charge in [0.1, 0.15) is 6.17 Å². The second kappa shape index (κ2) is 5.60. The lowest BCUT2D eigenvalue weighted by Gasteiger charge is -2.18. The summed E-state index contributed by atoms with van der Waals surface area (Å²) >= 11 is 0. The van der Waals surface area contributed by atoms with Gasteiger partial charge < -0.3 is 0 Å². The van der Waals surface area contributed by atoms with E-state index in [4.69, 9.17) is 0 Å². The first-order valence-corrected chi connectivity index (χ1v) is 7.08. The number of alkyl halides is 1. The second-order valence-electron chi connectivity index (χ2n) is 4.13. The average Bonchev–Trinajstić information content (AvgIpc) is 2.26. The second-order valence-corrected chi connectivity index (χ2v) is 5.84. The van der Waals surface area contributed by atoms with Gasteiger partial charge >= 0.3 is 0 Å². The van der Waals surface area contributed by atoms with Crippen LogP contribution in [0.5, 0.6) is 0 Å². The van der Waals surface area contributed by atoms with Crippen LogP contribution in [0.4, 0.5) is 4.39 Å². The van der Waals surface area contributed by atoms with Crippen LogP contribution in [-0.4, -0.2) is 20.6 Å². The first-order valence-electron chi connectivity index (χ1n) is 5.60. The molecule has 3 nitrogen and oxygen atoms in total. The third kappa shape index (κ3) is 3.78. The largest absolute Gasteiger partial charge is 0.246 e. The minimum atomic E-state index is -3.62. The smallest absolute Gasteiger partial charge is 0.240 e. The lowest BCUT2D eigenvalue weighted by Crippen LogP contribution is -2.39. The molecule has 17 heavy (non-hydrogen) atoms. The minimum absolute atomic E-state index is 0.169. The van der Waals surface area contributed by atoms with Gasteiger partial charge in [0.25, 0.3) is 0 Å². The molecule has 1 N–H and O–H groups in total. The maximum atomic E-state index is 13.1. The van der Waals surface area contributed by atoms with Gasteiger partial charge in [-0.05, 0) is 32.4 Å². The molecular weight excluding hydrogens is 241 g/mol. The summed E-state index contributed by atoms with van der Waals surface area (Å²) in [5, 5.41) is 0. The van der Waals surface area contributed by atoms with Gasteiger partial charge in [-0.15, -0.1) is 0 Å². The van der Waals surface area contributed by atoms with Crippen molar-refractivity contribution in [3.05, 3.63) is 29.8 Å². The Bertz CT molecular complexity index is 454. The molecule has 0 saturated carbocycles. The molecule has 0 amide bonds. The van der Waals surface area contributed by atoms with E-state index >= 15 is 0 Å². The molecule has 0 heterocycles. The Kier molecular flexibility index (Phi) is 4.65. The number of rotatable bonds is 5. The number of sulfonamides is 1. The Hall–Kier alpha value is -0.940. The van der Waals surface area contributed by atoms with E-state index in [-0.39, 0.29) is 4.90 Å². The standard InChI is InChI=1S/C12H18FNO2S/c1-4-12(10(3)13)14-17(15,16)11-7-5-9(2)6-8-11/h5-8,10,12,14H,4H2,1-3H3. The molecule has 1 rings (SSSR count). The molecule has 2 unspecified atom stereocenters. The van der Waals surface area contributed by atoms with E-state index in [2.05, 4.69) is 4.72 Å². The lowest BCUT2D eigenvalue weighted by molar-refractivity contribution is 0.286. The Labute approximate surface area is 102 Å². The van der Waals surface area contributed by atoms with Crippen molar-refractivity contribution in [1.82, 2.24) is 4.72 Å². The summed E-state index contributed by atoms with van der Waals surface area (Å²) in [5.74, 6) is 0. The summed E-state index contributed by atoms with van der Waals surface area (Å²) in [6.45, 7) is 4.98. The number of halogens is 1. The number of hydrogen-bond acceptors (Lipinski definition) is 2. The van der Waals surface area contributed by atoms with Crippen LogP contribution in [0.2, 0.25) is 0 Å². The van der Waals surface area contributed by atoms with Gasteiger partial charge in [0, 0.05) is 0 Å².